The van der Waals surface area contributed by atoms with Crippen molar-refractivity contribution in [2.24, 2.45) is 0 Å². The first-order valence-corrected chi connectivity index (χ1v) is 11.5. The number of ether oxygens (including phenoxy) is 1. The van der Waals surface area contributed by atoms with Crippen molar-refractivity contribution in [1.29, 1.82) is 0 Å². The minimum atomic E-state index is -0.771. The lowest BCUT2D eigenvalue weighted by molar-refractivity contribution is -0.124. The zero-order valence-corrected chi connectivity index (χ0v) is 19.2. The topological polar surface area (TPSA) is 86.1 Å². The molecule has 0 aliphatic rings. The van der Waals surface area contributed by atoms with Gasteiger partial charge in [0.05, 0.1) is 24.5 Å². The van der Waals surface area contributed by atoms with Crippen LogP contribution in [0.2, 0.25) is 0 Å². The summed E-state index contributed by atoms with van der Waals surface area (Å²) in [5, 5.41) is 10.1. The highest BCUT2D eigenvalue weighted by atomic mass is 32.1. The lowest BCUT2D eigenvalue weighted by Gasteiger charge is -2.14. The minimum absolute atomic E-state index is 0.278. The molecular weight excluding hydrogens is 436 g/mol. The van der Waals surface area contributed by atoms with Crippen LogP contribution < -0.4 is 15.6 Å². The van der Waals surface area contributed by atoms with E-state index in [1.807, 2.05) is 66.9 Å². The summed E-state index contributed by atoms with van der Waals surface area (Å²) >= 11 is 1.53. The van der Waals surface area contributed by atoms with E-state index in [0.29, 0.717) is 12.3 Å². The van der Waals surface area contributed by atoms with Crippen LogP contribution in [0.1, 0.15) is 25.6 Å². The molecule has 2 heterocycles. The van der Waals surface area contributed by atoms with Gasteiger partial charge in [-0.05, 0) is 44.2 Å². The molecule has 0 bridgehead atoms. The molecule has 2 aromatic heterocycles. The Labute approximate surface area is 195 Å². The molecule has 8 heteroatoms. The van der Waals surface area contributed by atoms with Gasteiger partial charge in [-0.1, -0.05) is 30.3 Å². The minimum Gasteiger partial charge on any atom is -0.494 e. The van der Waals surface area contributed by atoms with Gasteiger partial charge in [0, 0.05) is 22.6 Å². The fraction of sp³-hybridized carbons (Fsp3) is 0.200. The van der Waals surface area contributed by atoms with E-state index in [2.05, 4.69) is 15.4 Å². The van der Waals surface area contributed by atoms with Crippen LogP contribution in [0.15, 0.2) is 76.9 Å². The Morgan fingerprint density at radius 1 is 1.06 bits per heavy atom. The Hall–Kier alpha value is -3.78. The summed E-state index contributed by atoms with van der Waals surface area (Å²) in [7, 11) is 0. The monoisotopic (exact) mass is 460 g/mol. The number of rotatable bonds is 8. The number of aromatic nitrogens is 3. The van der Waals surface area contributed by atoms with E-state index < -0.39 is 6.04 Å². The third-order valence-electron chi connectivity index (χ3n) is 5.05. The SMILES string of the molecule is CCOc1ccc(-c2ccc(=O)n(C(C)C(=O)NCc3csc(-c4ccccc4)n3)n2)cc1. The highest BCUT2D eigenvalue weighted by Crippen LogP contribution is 2.23. The first-order chi connectivity index (χ1) is 16.0. The summed E-state index contributed by atoms with van der Waals surface area (Å²) in [6.45, 7) is 4.44. The van der Waals surface area contributed by atoms with Crippen molar-refractivity contribution in [3.63, 3.8) is 0 Å². The third-order valence-corrected chi connectivity index (χ3v) is 5.99. The molecule has 1 atom stereocenters. The molecule has 0 spiro atoms. The lowest BCUT2D eigenvalue weighted by atomic mass is 10.1. The van der Waals surface area contributed by atoms with Crippen LogP contribution in [0.5, 0.6) is 5.75 Å². The second-order valence-electron chi connectivity index (χ2n) is 7.36. The molecule has 0 aliphatic heterocycles. The molecule has 4 rings (SSSR count). The predicted molar refractivity (Wildman–Crippen MR) is 129 cm³/mol. The zero-order chi connectivity index (χ0) is 23.2. The van der Waals surface area contributed by atoms with Gasteiger partial charge in [0.2, 0.25) is 5.91 Å². The largest absolute Gasteiger partial charge is 0.494 e. The molecule has 0 aliphatic carbocycles. The quantitative estimate of drug-likeness (QED) is 0.423. The van der Waals surface area contributed by atoms with Crippen molar-refractivity contribution in [3.8, 4) is 27.6 Å². The third kappa shape index (κ3) is 5.35. The number of hydrogen-bond acceptors (Lipinski definition) is 6. The van der Waals surface area contributed by atoms with Crippen molar-refractivity contribution in [1.82, 2.24) is 20.1 Å². The second kappa shape index (κ2) is 10.2. The average Bonchev–Trinajstić information content (AvgIpc) is 3.33. The Bertz CT molecular complexity index is 1280. The van der Waals surface area contributed by atoms with E-state index in [-0.39, 0.29) is 18.0 Å². The van der Waals surface area contributed by atoms with Crippen LogP contribution in [0.3, 0.4) is 0 Å². The van der Waals surface area contributed by atoms with Crippen LogP contribution in [0.4, 0.5) is 0 Å². The first kappa shape index (κ1) is 22.4. The van der Waals surface area contributed by atoms with E-state index in [1.165, 1.54) is 22.1 Å². The molecule has 1 unspecified atom stereocenters. The van der Waals surface area contributed by atoms with Gasteiger partial charge in [-0.25, -0.2) is 9.67 Å². The molecule has 0 saturated heterocycles. The van der Waals surface area contributed by atoms with Crippen molar-refractivity contribution in [2.45, 2.75) is 26.4 Å². The average molecular weight is 461 g/mol. The van der Waals surface area contributed by atoms with Crippen LogP contribution in [-0.4, -0.2) is 27.3 Å². The maximum atomic E-state index is 12.8. The fourth-order valence-electron chi connectivity index (χ4n) is 3.28. The molecule has 2 aromatic carbocycles. The van der Waals surface area contributed by atoms with E-state index >= 15 is 0 Å². The molecule has 4 aromatic rings. The number of nitrogens with zero attached hydrogens (tertiary/aromatic N) is 3. The maximum absolute atomic E-state index is 12.8. The fourth-order valence-corrected chi connectivity index (χ4v) is 4.11. The summed E-state index contributed by atoms with van der Waals surface area (Å²) in [6.07, 6.45) is 0. The normalized spacial score (nSPS) is 11.7. The Balaban J connectivity index is 1.44. The number of carbonyl (C=O) groups is 1. The maximum Gasteiger partial charge on any atom is 0.267 e. The highest BCUT2D eigenvalue weighted by molar-refractivity contribution is 7.13. The molecular formula is C25H24N4O3S. The summed E-state index contributed by atoms with van der Waals surface area (Å²) in [5.74, 6) is 0.461. The Kier molecular flexibility index (Phi) is 6.95. The molecule has 1 amide bonds. The molecule has 33 heavy (non-hydrogen) atoms. The standard InChI is InChI=1S/C25H24N4O3S/c1-3-32-21-11-9-18(10-12-21)22-13-14-23(30)29(28-22)17(2)24(31)26-15-20-16-33-25(27-20)19-7-5-4-6-8-19/h4-14,16-17H,3,15H2,1-2H3,(H,26,31). The van der Waals surface area contributed by atoms with E-state index in [9.17, 15) is 9.59 Å². The molecule has 1 N–H and O–H groups in total. The number of hydrogen-bond donors (Lipinski definition) is 1. The number of benzene rings is 2. The number of amides is 1. The summed E-state index contributed by atoms with van der Waals surface area (Å²) < 4.78 is 6.67. The summed E-state index contributed by atoms with van der Waals surface area (Å²) in [6, 6.07) is 19.6. The predicted octanol–water partition coefficient (Wildman–Crippen LogP) is 4.31. The molecule has 168 valence electrons. The van der Waals surface area contributed by atoms with Gasteiger partial charge in [0.1, 0.15) is 16.8 Å². The smallest absolute Gasteiger partial charge is 0.267 e. The first-order valence-electron chi connectivity index (χ1n) is 10.7. The van der Waals surface area contributed by atoms with Gasteiger partial charge in [0.25, 0.3) is 5.56 Å². The van der Waals surface area contributed by atoms with Crippen LogP contribution in [0, 0.1) is 0 Å². The van der Waals surface area contributed by atoms with Gasteiger partial charge in [-0.3, -0.25) is 9.59 Å². The second-order valence-corrected chi connectivity index (χ2v) is 8.22. The van der Waals surface area contributed by atoms with E-state index in [0.717, 1.165) is 27.6 Å². The number of thiazole rings is 1. The van der Waals surface area contributed by atoms with Gasteiger partial charge >= 0.3 is 0 Å². The lowest BCUT2D eigenvalue weighted by Crippen LogP contribution is -2.36. The number of carbonyl (C=O) groups excluding carboxylic acids is 1. The van der Waals surface area contributed by atoms with Crippen LogP contribution in [0.25, 0.3) is 21.8 Å². The van der Waals surface area contributed by atoms with Crippen molar-refractivity contribution in [2.75, 3.05) is 6.61 Å². The summed E-state index contributed by atoms with van der Waals surface area (Å²) in [4.78, 5) is 29.8. The Morgan fingerprint density at radius 3 is 2.55 bits per heavy atom. The van der Waals surface area contributed by atoms with Crippen LogP contribution >= 0.6 is 11.3 Å². The molecule has 0 radical (unpaired) electrons. The molecule has 0 fully saturated rings. The van der Waals surface area contributed by atoms with Gasteiger partial charge in [-0.2, -0.15) is 5.10 Å². The zero-order valence-electron chi connectivity index (χ0n) is 18.4. The number of nitrogens with one attached hydrogen (secondary N) is 1. The van der Waals surface area contributed by atoms with Crippen molar-refractivity contribution < 1.29 is 9.53 Å². The van der Waals surface area contributed by atoms with Gasteiger partial charge < -0.3 is 10.1 Å². The van der Waals surface area contributed by atoms with Gasteiger partial charge in [0.15, 0.2) is 0 Å². The van der Waals surface area contributed by atoms with Crippen molar-refractivity contribution in [3.05, 3.63) is 88.2 Å². The van der Waals surface area contributed by atoms with Gasteiger partial charge in [-0.15, -0.1) is 11.3 Å². The highest BCUT2D eigenvalue weighted by Gasteiger charge is 2.18. The molecule has 0 saturated carbocycles. The molecule has 7 nitrogen and oxygen atoms in total. The van der Waals surface area contributed by atoms with Crippen LogP contribution in [-0.2, 0) is 11.3 Å². The van der Waals surface area contributed by atoms with E-state index in [1.54, 1.807) is 13.0 Å². The van der Waals surface area contributed by atoms with Crippen molar-refractivity contribution >= 4 is 17.2 Å². The summed E-state index contributed by atoms with van der Waals surface area (Å²) in [5.41, 5.74) is 2.89. The van der Waals surface area contributed by atoms with E-state index in [4.69, 9.17) is 4.74 Å². The Morgan fingerprint density at radius 2 is 1.82 bits per heavy atom.